The molecule has 2 heterocycles. The minimum Gasteiger partial charge on any atom is -0.338 e. The van der Waals surface area contributed by atoms with E-state index in [1.165, 1.54) is 4.90 Å². The van der Waals surface area contributed by atoms with Crippen molar-refractivity contribution in [3.8, 4) is 0 Å². The van der Waals surface area contributed by atoms with Crippen molar-refractivity contribution in [2.45, 2.75) is 37.8 Å². The summed E-state index contributed by atoms with van der Waals surface area (Å²) in [5.41, 5.74) is 2.10. The van der Waals surface area contributed by atoms with E-state index in [1.807, 2.05) is 24.3 Å². The third kappa shape index (κ3) is 3.22. The first-order valence-electron chi connectivity index (χ1n) is 8.69. The van der Waals surface area contributed by atoms with Crippen LogP contribution in [0.15, 0.2) is 30.3 Å². The summed E-state index contributed by atoms with van der Waals surface area (Å²) in [6.07, 6.45) is -1.66. The molecule has 0 N–H and O–H groups in total. The molecule has 2 fully saturated rings. The summed E-state index contributed by atoms with van der Waals surface area (Å²) in [5.74, 6) is -1.36. The zero-order chi connectivity index (χ0) is 17.6. The number of amides is 1. The Morgan fingerprint density at radius 2 is 1.92 bits per heavy atom. The van der Waals surface area contributed by atoms with Gasteiger partial charge in [-0.1, -0.05) is 18.2 Å². The van der Waals surface area contributed by atoms with E-state index in [0.717, 1.165) is 24.1 Å². The molecule has 2 aliphatic rings. The van der Waals surface area contributed by atoms with Gasteiger partial charge in [-0.15, -0.1) is 0 Å². The zero-order valence-corrected chi connectivity index (χ0v) is 13.7. The first kappa shape index (κ1) is 16.4. The molecule has 1 aliphatic carbocycles. The Hall–Kier alpha value is -2.11. The smallest absolute Gasteiger partial charge is 0.338 e. The van der Waals surface area contributed by atoms with Crippen LogP contribution in [0.5, 0.6) is 0 Å². The number of rotatable bonds is 2. The van der Waals surface area contributed by atoms with Crippen LogP contribution in [0, 0.1) is 5.92 Å². The average Bonchev–Trinajstić information content (AvgIpc) is 3.45. The number of para-hydroxylation sites is 1. The van der Waals surface area contributed by atoms with Crippen LogP contribution in [0.4, 0.5) is 13.2 Å². The third-order valence-electron chi connectivity index (χ3n) is 5.13. The van der Waals surface area contributed by atoms with Gasteiger partial charge in [0.15, 0.2) is 0 Å². The molecule has 1 saturated heterocycles. The number of likely N-dealkylation sites (tertiary alicyclic amines) is 1. The van der Waals surface area contributed by atoms with Gasteiger partial charge in [-0.05, 0) is 37.8 Å². The molecule has 1 aliphatic heterocycles. The Morgan fingerprint density at radius 1 is 1.16 bits per heavy atom. The molecule has 6 heteroatoms. The van der Waals surface area contributed by atoms with Gasteiger partial charge in [-0.2, -0.15) is 13.2 Å². The number of fused-ring (bicyclic) bond motifs is 1. The summed E-state index contributed by atoms with van der Waals surface area (Å²) in [4.78, 5) is 19.0. The number of halogens is 3. The number of hydrogen-bond acceptors (Lipinski definition) is 2. The van der Waals surface area contributed by atoms with Crippen LogP contribution >= 0.6 is 0 Å². The van der Waals surface area contributed by atoms with E-state index >= 15 is 0 Å². The molecule has 0 unspecified atom stereocenters. The number of benzene rings is 1. The quantitative estimate of drug-likeness (QED) is 0.799. The molecule has 3 nitrogen and oxygen atoms in total. The summed E-state index contributed by atoms with van der Waals surface area (Å²) in [7, 11) is 0. The minimum atomic E-state index is -4.25. The van der Waals surface area contributed by atoms with E-state index < -0.39 is 12.1 Å². The predicted molar refractivity (Wildman–Crippen MR) is 88.4 cm³/mol. The van der Waals surface area contributed by atoms with E-state index in [9.17, 15) is 18.0 Å². The first-order chi connectivity index (χ1) is 11.9. The molecular formula is C19H19F3N2O. The molecule has 0 spiro atoms. The van der Waals surface area contributed by atoms with Crippen LogP contribution in [0.25, 0.3) is 10.9 Å². The van der Waals surface area contributed by atoms with Gasteiger partial charge < -0.3 is 4.90 Å². The van der Waals surface area contributed by atoms with Crippen molar-refractivity contribution in [3.63, 3.8) is 0 Å². The molecule has 1 amide bonds. The largest absolute Gasteiger partial charge is 0.393 e. The first-order valence-corrected chi connectivity index (χ1v) is 8.69. The van der Waals surface area contributed by atoms with Gasteiger partial charge in [0.25, 0.3) is 5.91 Å². The molecule has 1 aromatic carbocycles. The molecule has 1 saturated carbocycles. The summed E-state index contributed by atoms with van der Waals surface area (Å²) in [6.45, 7) is 0.124. The number of pyridine rings is 1. The maximum atomic E-state index is 13.1. The molecular weight excluding hydrogens is 329 g/mol. The topological polar surface area (TPSA) is 33.2 Å². The second kappa shape index (κ2) is 6.00. The van der Waals surface area contributed by atoms with E-state index in [2.05, 4.69) is 4.98 Å². The second-order valence-electron chi connectivity index (χ2n) is 7.02. The van der Waals surface area contributed by atoms with E-state index in [-0.39, 0.29) is 18.9 Å². The normalized spacial score (nSPS) is 21.6. The fraction of sp³-hybridized carbons (Fsp3) is 0.474. The molecule has 1 aromatic heterocycles. The molecule has 0 bridgehead atoms. The average molecular weight is 348 g/mol. The molecule has 1 atom stereocenters. The Morgan fingerprint density at radius 3 is 2.64 bits per heavy atom. The van der Waals surface area contributed by atoms with Crippen molar-refractivity contribution in [1.82, 2.24) is 9.88 Å². The number of hydrogen-bond donors (Lipinski definition) is 0. The van der Waals surface area contributed by atoms with Crippen molar-refractivity contribution >= 4 is 16.8 Å². The van der Waals surface area contributed by atoms with Crippen molar-refractivity contribution in [1.29, 1.82) is 0 Å². The Bertz CT molecular complexity index is 814. The minimum absolute atomic E-state index is 0.0949. The van der Waals surface area contributed by atoms with Gasteiger partial charge in [0, 0.05) is 30.1 Å². The van der Waals surface area contributed by atoms with Crippen LogP contribution in [-0.2, 0) is 0 Å². The number of carbonyl (C=O) groups excluding carboxylic acids is 1. The van der Waals surface area contributed by atoms with Crippen LogP contribution in [-0.4, -0.2) is 35.1 Å². The Kier molecular flexibility index (Phi) is 3.93. The van der Waals surface area contributed by atoms with Crippen molar-refractivity contribution in [2.24, 2.45) is 5.92 Å². The number of piperidine rings is 1. The van der Waals surface area contributed by atoms with E-state index in [1.54, 1.807) is 6.07 Å². The third-order valence-corrected chi connectivity index (χ3v) is 5.13. The van der Waals surface area contributed by atoms with Gasteiger partial charge in [0.05, 0.1) is 17.0 Å². The van der Waals surface area contributed by atoms with Gasteiger partial charge in [-0.25, -0.2) is 0 Å². The Balaban J connectivity index is 1.69. The van der Waals surface area contributed by atoms with Crippen LogP contribution in [0.3, 0.4) is 0 Å². The van der Waals surface area contributed by atoms with Crippen LogP contribution in [0.2, 0.25) is 0 Å². The molecule has 4 rings (SSSR count). The summed E-state index contributed by atoms with van der Waals surface area (Å²) in [6, 6.07) is 9.15. The number of aromatic nitrogens is 1. The lowest BCUT2D eigenvalue weighted by Crippen LogP contribution is -2.44. The maximum Gasteiger partial charge on any atom is 0.393 e. The van der Waals surface area contributed by atoms with Crippen molar-refractivity contribution in [3.05, 3.63) is 41.6 Å². The molecule has 132 valence electrons. The van der Waals surface area contributed by atoms with Gasteiger partial charge in [-0.3, -0.25) is 9.78 Å². The lowest BCUT2D eigenvalue weighted by Gasteiger charge is -2.34. The zero-order valence-electron chi connectivity index (χ0n) is 13.7. The standard InChI is InChI=1S/C19H19F3N2O/c20-19(21,22)13-4-3-9-24(11-13)18(25)15-10-17(12-7-8-12)23-16-6-2-1-5-14(15)16/h1-2,5-6,10,12-13H,3-4,7-9,11H2/t13-/m0/s1. The van der Waals surface area contributed by atoms with Crippen LogP contribution < -0.4 is 0 Å². The number of nitrogens with zero attached hydrogens (tertiary/aromatic N) is 2. The van der Waals surface area contributed by atoms with Gasteiger partial charge in [0.1, 0.15) is 0 Å². The summed E-state index contributed by atoms with van der Waals surface area (Å²) in [5, 5.41) is 0.714. The SMILES string of the molecule is O=C(c1cc(C2CC2)nc2ccccc12)N1CCC[C@H](C(F)(F)F)C1. The van der Waals surface area contributed by atoms with E-state index in [0.29, 0.717) is 29.8 Å². The monoisotopic (exact) mass is 348 g/mol. The highest BCUT2D eigenvalue weighted by Crippen LogP contribution is 2.40. The predicted octanol–water partition coefficient (Wildman–Crippen LogP) is 4.53. The highest BCUT2D eigenvalue weighted by molar-refractivity contribution is 6.06. The van der Waals surface area contributed by atoms with Crippen LogP contribution in [0.1, 0.15) is 47.7 Å². The van der Waals surface area contributed by atoms with Gasteiger partial charge in [0.2, 0.25) is 0 Å². The second-order valence-corrected chi connectivity index (χ2v) is 7.02. The fourth-order valence-electron chi connectivity index (χ4n) is 3.56. The van der Waals surface area contributed by atoms with Gasteiger partial charge >= 0.3 is 6.18 Å². The lowest BCUT2D eigenvalue weighted by atomic mass is 9.96. The maximum absolute atomic E-state index is 13.1. The number of alkyl halides is 3. The Labute approximate surface area is 143 Å². The molecule has 25 heavy (non-hydrogen) atoms. The lowest BCUT2D eigenvalue weighted by molar-refractivity contribution is -0.184. The highest BCUT2D eigenvalue weighted by Gasteiger charge is 2.43. The van der Waals surface area contributed by atoms with Crippen molar-refractivity contribution in [2.75, 3.05) is 13.1 Å². The number of carbonyl (C=O) groups is 1. The summed E-state index contributed by atoms with van der Waals surface area (Å²) < 4.78 is 39.2. The van der Waals surface area contributed by atoms with Crippen molar-refractivity contribution < 1.29 is 18.0 Å². The van der Waals surface area contributed by atoms with E-state index in [4.69, 9.17) is 0 Å². The summed E-state index contributed by atoms with van der Waals surface area (Å²) >= 11 is 0. The highest BCUT2D eigenvalue weighted by atomic mass is 19.4. The fourth-order valence-corrected chi connectivity index (χ4v) is 3.56. The molecule has 2 aromatic rings. The molecule has 0 radical (unpaired) electrons.